The van der Waals surface area contributed by atoms with Crippen LogP contribution in [0.2, 0.25) is 5.15 Å². The Kier molecular flexibility index (Phi) is 3.73. The molecule has 1 heterocycles. The van der Waals surface area contributed by atoms with E-state index < -0.39 is 0 Å². The third kappa shape index (κ3) is 2.72. The summed E-state index contributed by atoms with van der Waals surface area (Å²) < 4.78 is 0. The number of pyridine rings is 1. The number of nitrogens with two attached hydrogens (primary N) is 1. The lowest BCUT2D eigenvalue weighted by molar-refractivity contribution is 0.922. The zero-order valence-electron chi connectivity index (χ0n) is 7.42. The highest BCUT2D eigenvalue weighted by molar-refractivity contribution is 6.31. The van der Waals surface area contributed by atoms with Gasteiger partial charge in [0.1, 0.15) is 5.15 Å². The topological polar surface area (TPSA) is 50.9 Å². The first-order valence-electron chi connectivity index (χ1n) is 3.97. The van der Waals surface area contributed by atoms with Gasteiger partial charge in [0, 0.05) is 24.0 Å². The predicted octanol–water partition coefficient (Wildman–Crippen LogP) is 1.55. The molecule has 3 nitrogen and oxygen atoms in total. The largest absolute Gasteiger partial charge is 0.398 e. The summed E-state index contributed by atoms with van der Waals surface area (Å²) in [6.07, 6.45) is 5.40. The van der Waals surface area contributed by atoms with Gasteiger partial charge in [-0.15, -0.1) is 0 Å². The van der Waals surface area contributed by atoms with Gasteiger partial charge in [0.2, 0.25) is 0 Å². The van der Waals surface area contributed by atoms with Gasteiger partial charge in [-0.05, 0) is 13.1 Å². The van der Waals surface area contributed by atoms with Crippen molar-refractivity contribution >= 4 is 23.4 Å². The molecule has 1 aromatic rings. The lowest BCUT2D eigenvalue weighted by Crippen LogP contribution is -2.03. The Morgan fingerprint density at radius 3 is 3.08 bits per heavy atom. The van der Waals surface area contributed by atoms with Gasteiger partial charge in [-0.25, -0.2) is 4.98 Å². The van der Waals surface area contributed by atoms with Crippen molar-refractivity contribution in [1.29, 1.82) is 0 Å². The highest BCUT2D eigenvalue weighted by atomic mass is 35.5. The highest BCUT2D eigenvalue weighted by Gasteiger charge is 2.00. The molecule has 0 saturated carbocycles. The number of nitrogens with one attached hydrogen (secondary N) is 1. The Labute approximate surface area is 82.6 Å². The first-order chi connectivity index (χ1) is 6.25. The molecule has 0 atom stereocenters. The second-order valence-electron chi connectivity index (χ2n) is 2.56. The Morgan fingerprint density at radius 1 is 1.69 bits per heavy atom. The van der Waals surface area contributed by atoms with E-state index in [0.717, 1.165) is 12.1 Å². The molecule has 70 valence electrons. The molecule has 1 rings (SSSR count). The summed E-state index contributed by atoms with van der Waals surface area (Å²) in [6.45, 7) is 0.782. The fraction of sp³-hybridized carbons (Fsp3) is 0.222. The predicted molar refractivity (Wildman–Crippen MR) is 56.6 cm³/mol. The SMILES string of the molecule is CNCC=Cc1c(N)ccnc1Cl. The molecule has 0 aliphatic heterocycles. The molecular formula is C9H12ClN3. The van der Waals surface area contributed by atoms with Gasteiger partial charge in [0.25, 0.3) is 0 Å². The number of rotatable bonds is 3. The maximum absolute atomic E-state index is 5.85. The van der Waals surface area contributed by atoms with E-state index >= 15 is 0 Å². The molecule has 0 aromatic carbocycles. The van der Waals surface area contributed by atoms with Crippen molar-refractivity contribution in [1.82, 2.24) is 10.3 Å². The van der Waals surface area contributed by atoms with E-state index in [0.29, 0.717) is 10.8 Å². The van der Waals surface area contributed by atoms with Crippen LogP contribution in [0.1, 0.15) is 5.56 Å². The van der Waals surface area contributed by atoms with Crippen LogP contribution in [0.5, 0.6) is 0 Å². The number of likely N-dealkylation sites (N-methyl/N-ethyl adjacent to an activating group) is 1. The van der Waals surface area contributed by atoms with Crippen LogP contribution in [0.4, 0.5) is 5.69 Å². The van der Waals surface area contributed by atoms with Crippen molar-refractivity contribution in [2.45, 2.75) is 0 Å². The average molecular weight is 198 g/mol. The van der Waals surface area contributed by atoms with E-state index in [-0.39, 0.29) is 0 Å². The minimum atomic E-state index is 0.437. The molecule has 4 heteroatoms. The van der Waals surface area contributed by atoms with E-state index in [9.17, 15) is 0 Å². The maximum atomic E-state index is 5.85. The number of hydrogen-bond donors (Lipinski definition) is 2. The minimum Gasteiger partial charge on any atom is -0.398 e. The maximum Gasteiger partial charge on any atom is 0.138 e. The summed E-state index contributed by atoms with van der Waals surface area (Å²) in [7, 11) is 1.87. The van der Waals surface area contributed by atoms with Crippen molar-refractivity contribution in [3.8, 4) is 0 Å². The molecule has 13 heavy (non-hydrogen) atoms. The molecule has 0 bridgehead atoms. The van der Waals surface area contributed by atoms with E-state index in [1.165, 1.54) is 0 Å². The molecule has 0 aliphatic rings. The Bertz CT molecular complexity index is 289. The van der Waals surface area contributed by atoms with Crippen molar-refractivity contribution in [2.24, 2.45) is 0 Å². The number of anilines is 1. The standard InChI is InChI=1S/C9H12ClN3/c1-12-5-2-3-7-8(11)4-6-13-9(7)10/h2-4,6,12H,5H2,1H3,(H2,11,13). The third-order valence-corrected chi connectivity index (χ3v) is 1.88. The lowest BCUT2D eigenvalue weighted by Gasteiger charge is -2.00. The van der Waals surface area contributed by atoms with Gasteiger partial charge in [-0.3, -0.25) is 0 Å². The van der Waals surface area contributed by atoms with E-state index in [2.05, 4.69) is 10.3 Å². The van der Waals surface area contributed by atoms with Gasteiger partial charge in [-0.2, -0.15) is 0 Å². The monoisotopic (exact) mass is 197 g/mol. The van der Waals surface area contributed by atoms with Crippen molar-refractivity contribution < 1.29 is 0 Å². The van der Waals surface area contributed by atoms with Crippen molar-refractivity contribution in [3.63, 3.8) is 0 Å². The van der Waals surface area contributed by atoms with E-state index in [1.54, 1.807) is 12.3 Å². The quantitative estimate of drug-likeness (QED) is 0.723. The van der Waals surface area contributed by atoms with Crippen LogP contribution in [0.15, 0.2) is 18.3 Å². The fourth-order valence-electron chi connectivity index (χ4n) is 0.921. The lowest BCUT2D eigenvalue weighted by atomic mass is 10.2. The van der Waals surface area contributed by atoms with Crippen LogP contribution in [0.25, 0.3) is 6.08 Å². The van der Waals surface area contributed by atoms with Crippen LogP contribution in [-0.4, -0.2) is 18.6 Å². The summed E-state index contributed by atoms with van der Waals surface area (Å²) in [5.41, 5.74) is 7.13. The van der Waals surface area contributed by atoms with Crippen LogP contribution in [0, 0.1) is 0 Å². The summed E-state index contributed by atoms with van der Waals surface area (Å²) in [5.74, 6) is 0. The summed E-state index contributed by atoms with van der Waals surface area (Å²) in [4.78, 5) is 3.93. The molecule has 3 N–H and O–H groups in total. The highest BCUT2D eigenvalue weighted by Crippen LogP contribution is 2.20. The molecule has 0 unspecified atom stereocenters. The Hall–Kier alpha value is -1.06. The molecule has 0 radical (unpaired) electrons. The normalized spacial score (nSPS) is 10.9. The van der Waals surface area contributed by atoms with Crippen LogP contribution in [-0.2, 0) is 0 Å². The summed E-state index contributed by atoms with van der Waals surface area (Å²) >= 11 is 5.85. The van der Waals surface area contributed by atoms with Gasteiger partial charge >= 0.3 is 0 Å². The minimum absolute atomic E-state index is 0.437. The fourth-order valence-corrected chi connectivity index (χ4v) is 1.15. The number of aromatic nitrogens is 1. The number of nitrogens with zero attached hydrogens (tertiary/aromatic N) is 1. The van der Waals surface area contributed by atoms with Crippen LogP contribution in [0.3, 0.4) is 0 Å². The zero-order chi connectivity index (χ0) is 9.68. The number of hydrogen-bond acceptors (Lipinski definition) is 3. The van der Waals surface area contributed by atoms with Crippen molar-refractivity contribution in [3.05, 3.63) is 29.1 Å². The average Bonchev–Trinajstić information content (AvgIpc) is 2.10. The van der Waals surface area contributed by atoms with Gasteiger partial charge in [0.15, 0.2) is 0 Å². The third-order valence-electron chi connectivity index (χ3n) is 1.58. The second kappa shape index (κ2) is 4.84. The second-order valence-corrected chi connectivity index (χ2v) is 2.92. The van der Waals surface area contributed by atoms with Gasteiger partial charge in [-0.1, -0.05) is 23.8 Å². The number of halogens is 1. The molecule has 0 fully saturated rings. The zero-order valence-corrected chi connectivity index (χ0v) is 8.17. The molecule has 0 aliphatic carbocycles. The number of nitrogen functional groups attached to an aromatic ring is 1. The molecule has 0 spiro atoms. The summed E-state index contributed by atoms with van der Waals surface area (Å²) in [5, 5.41) is 3.42. The van der Waals surface area contributed by atoms with E-state index in [4.69, 9.17) is 17.3 Å². The van der Waals surface area contributed by atoms with Gasteiger partial charge in [0.05, 0.1) is 0 Å². The molecule has 1 aromatic heterocycles. The first-order valence-corrected chi connectivity index (χ1v) is 4.34. The molecule has 0 amide bonds. The summed E-state index contributed by atoms with van der Waals surface area (Å²) in [6, 6.07) is 1.73. The first kappa shape index (κ1) is 10.0. The Morgan fingerprint density at radius 2 is 2.46 bits per heavy atom. The van der Waals surface area contributed by atoms with Crippen LogP contribution >= 0.6 is 11.6 Å². The van der Waals surface area contributed by atoms with Crippen molar-refractivity contribution in [2.75, 3.05) is 19.3 Å². The van der Waals surface area contributed by atoms with Gasteiger partial charge < -0.3 is 11.1 Å². The molecular weight excluding hydrogens is 186 g/mol. The van der Waals surface area contributed by atoms with E-state index in [1.807, 2.05) is 19.2 Å². The Balaban J connectivity index is 2.87. The van der Waals surface area contributed by atoms with Crippen LogP contribution < -0.4 is 11.1 Å². The smallest absolute Gasteiger partial charge is 0.138 e. The molecule has 0 saturated heterocycles.